The first-order valence-corrected chi connectivity index (χ1v) is 12.2. The average Bonchev–Trinajstić information content (AvgIpc) is 2.82. The summed E-state index contributed by atoms with van der Waals surface area (Å²) in [6.45, 7) is 3.16. The second-order valence-corrected chi connectivity index (χ2v) is 10.0. The van der Waals surface area contributed by atoms with Gasteiger partial charge in [-0.25, -0.2) is 17.8 Å². The molecular weight excluding hydrogens is 443 g/mol. The molecular formula is C23H27FN6O2S. The van der Waals surface area contributed by atoms with Gasteiger partial charge < -0.3 is 16.4 Å². The number of nitrogens with one attached hydrogen (secondary N) is 2. The van der Waals surface area contributed by atoms with E-state index in [9.17, 15) is 12.8 Å². The van der Waals surface area contributed by atoms with Crippen LogP contribution in [0, 0.1) is 18.7 Å². The number of nitrogens with two attached hydrogens (primary N) is 1. The molecule has 1 aromatic heterocycles. The minimum atomic E-state index is -3.56. The summed E-state index contributed by atoms with van der Waals surface area (Å²) in [5.74, 6) is 0.815. The maximum Gasteiger partial charge on any atom is 0.243 e. The van der Waals surface area contributed by atoms with Crippen LogP contribution in [0.25, 0.3) is 0 Å². The Morgan fingerprint density at radius 1 is 1.12 bits per heavy atom. The third kappa shape index (κ3) is 5.47. The van der Waals surface area contributed by atoms with Gasteiger partial charge in [-0.05, 0) is 86.3 Å². The smallest absolute Gasteiger partial charge is 0.243 e. The van der Waals surface area contributed by atoms with Gasteiger partial charge in [0.1, 0.15) is 11.6 Å². The summed E-state index contributed by atoms with van der Waals surface area (Å²) < 4.78 is 41.0. The number of nitrogens with zero attached hydrogens (tertiary/aromatic N) is 3. The fourth-order valence-corrected chi connectivity index (χ4v) is 5.34. The van der Waals surface area contributed by atoms with E-state index in [4.69, 9.17) is 5.73 Å². The van der Waals surface area contributed by atoms with E-state index < -0.39 is 10.0 Å². The van der Waals surface area contributed by atoms with E-state index in [-0.39, 0.29) is 16.6 Å². The highest BCUT2D eigenvalue weighted by molar-refractivity contribution is 7.89. The van der Waals surface area contributed by atoms with E-state index in [1.807, 2.05) is 0 Å². The van der Waals surface area contributed by atoms with E-state index in [2.05, 4.69) is 20.6 Å². The van der Waals surface area contributed by atoms with E-state index in [1.54, 1.807) is 55.6 Å². The third-order valence-corrected chi connectivity index (χ3v) is 7.53. The molecule has 174 valence electrons. The molecule has 1 aliphatic heterocycles. The van der Waals surface area contributed by atoms with Gasteiger partial charge in [-0.15, -0.1) is 0 Å². The molecule has 0 amide bonds. The molecule has 2 aromatic carbocycles. The third-order valence-electron chi connectivity index (χ3n) is 5.65. The number of rotatable bonds is 7. The van der Waals surface area contributed by atoms with E-state index in [0.29, 0.717) is 48.3 Å². The molecule has 0 bridgehead atoms. The maximum absolute atomic E-state index is 13.5. The Balaban J connectivity index is 1.44. The predicted molar refractivity (Wildman–Crippen MR) is 127 cm³/mol. The van der Waals surface area contributed by atoms with Crippen molar-refractivity contribution in [2.75, 3.05) is 30.3 Å². The molecule has 2 heterocycles. The molecule has 8 nitrogen and oxygen atoms in total. The molecule has 3 aromatic rings. The Labute approximate surface area is 193 Å². The lowest BCUT2D eigenvalue weighted by atomic mass is 10.0. The number of aryl methyl sites for hydroxylation is 1. The van der Waals surface area contributed by atoms with Crippen molar-refractivity contribution < 1.29 is 12.8 Å². The number of halogens is 1. The van der Waals surface area contributed by atoms with Crippen LogP contribution < -0.4 is 16.4 Å². The second-order valence-electron chi connectivity index (χ2n) is 8.11. The molecule has 1 aliphatic rings. The first-order chi connectivity index (χ1) is 15.8. The van der Waals surface area contributed by atoms with Gasteiger partial charge in [0.2, 0.25) is 16.0 Å². The number of aromatic nitrogens is 2. The van der Waals surface area contributed by atoms with Gasteiger partial charge in [0.25, 0.3) is 0 Å². The highest BCUT2D eigenvalue weighted by Gasteiger charge is 2.29. The Kier molecular flexibility index (Phi) is 6.87. The van der Waals surface area contributed by atoms with Crippen molar-refractivity contribution in [2.24, 2.45) is 11.7 Å². The summed E-state index contributed by atoms with van der Waals surface area (Å²) in [7, 11) is -3.56. The fourth-order valence-electron chi connectivity index (χ4n) is 3.78. The van der Waals surface area contributed by atoms with Crippen molar-refractivity contribution in [1.29, 1.82) is 0 Å². The summed E-state index contributed by atoms with van der Waals surface area (Å²) in [6.07, 6.45) is 3.37. The number of anilines is 4. The molecule has 0 spiro atoms. The zero-order valence-electron chi connectivity index (χ0n) is 18.3. The summed E-state index contributed by atoms with van der Waals surface area (Å²) in [6, 6.07) is 12.9. The predicted octanol–water partition coefficient (Wildman–Crippen LogP) is 3.77. The van der Waals surface area contributed by atoms with Gasteiger partial charge in [0.05, 0.1) is 4.90 Å². The molecule has 1 saturated heterocycles. The van der Waals surface area contributed by atoms with Gasteiger partial charge >= 0.3 is 0 Å². The Bertz CT molecular complexity index is 1220. The lowest BCUT2D eigenvalue weighted by molar-refractivity contribution is 0.271. The van der Waals surface area contributed by atoms with Gasteiger partial charge in [-0.3, -0.25) is 0 Å². The topological polar surface area (TPSA) is 113 Å². The maximum atomic E-state index is 13.5. The van der Waals surface area contributed by atoms with Crippen LogP contribution in [0.5, 0.6) is 0 Å². The van der Waals surface area contributed by atoms with Crippen LogP contribution >= 0.6 is 0 Å². The first-order valence-electron chi connectivity index (χ1n) is 10.8. The highest BCUT2D eigenvalue weighted by Crippen LogP contribution is 2.25. The fraction of sp³-hybridized carbons (Fsp3) is 0.304. The molecule has 0 radical (unpaired) electrons. The summed E-state index contributed by atoms with van der Waals surface area (Å²) in [5, 5.41) is 6.20. The largest absolute Gasteiger partial charge is 0.340 e. The second kappa shape index (κ2) is 9.82. The van der Waals surface area contributed by atoms with Crippen molar-refractivity contribution in [3.05, 3.63) is 66.1 Å². The SMILES string of the molecule is Cc1cc(Nc2ccnc(Nc3ccc(S(=O)(=O)N4CCCC(CN)C4)cc3)n2)ccc1F. The Hall–Kier alpha value is -3.08. The minimum absolute atomic E-state index is 0.200. The molecule has 0 aliphatic carbocycles. The van der Waals surface area contributed by atoms with Crippen LogP contribution in [0.4, 0.5) is 27.5 Å². The average molecular weight is 471 g/mol. The molecule has 10 heteroatoms. The van der Waals surface area contributed by atoms with Crippen molar-refractivity contribution in [3.63, 3.8) is 0 Å². The van der Waals surface area contributed by atoms with Crippen molar-refractivity contribution >= 4 is 33.2 Å². The number of sulfonamides is 1. The number of hydrogen-bond acceptors (Lipinski definition) is 7. The van der Waals surface area contributed by atoms with Crippen LogP contribution in [0.3, 0.4) is 0 Å². The molecule has 4 rings (SSSR count). The van der Waals surface area contributed by atoms with Gasteiger partial charge in [-0.1, -0.05) is 0 Å². The van der Waals surface area contributed by atoms with Crippen LogP contribution in [-0.4, -0.2) is 42.3 Å². The Morgan fingerprint density at radius 2 is 1.88 bits per heavy atom. The normalized spacial score (nSPS) is 17.0. The zero-order chi connectivity index (χ0) is 23.4. The molecule has 1 fully saturated rings. The highest BCUT2D eigenvalue weighted by atomic mass is 32.2. The molecule has 0 saturated carbocycles. The van der Waals surface area contributed by atoms with Gasteiger partial charge in [0.15, 0.2) is 0 Å². The molecule has 1 atom stereocenters. The minimum Gasteiger partial charge on any atom is -0.340 e. The lowest BCUT2D eigenvalue weighted by Crippen LogP contribution is -2.41. The summed E-state index contributed by atoms with van der Waals surface area (Å²) in [4.78, 5) is 8.87. The number of benzene rings is 2. The Morgan fingerprint density at radius 3 is 2.61 bits per heavy atom. The van der Waals surface area contributed by atoms with Crippen molar-refractivity contribution in [1.82, 2.24) is 14.3 Å². The summed E-state index contributed by atoms with van der Waals surface area (Å²) >= 11 is 0. The quantitative estimate of drug-likeness (QED) is 0.482. The van der Waals surface area contributed by atoms with Gasteiger partial charge in [0, 0.05) is 30.7 Å². The molecule has 33 heavy (non-hydrogen) atoms. The zero-order valence-corrected chi connectivity index (χ0v) is 19.1. The molecule has 1 unspecified atom stereocenters. The van der Waals surface area contributed by atoms with Gasteiger partial charge in [-0.2, -0.15) is 9.29 Å². The van der Waals surface area contributed by atoms with E-state index >= 15 is 0 Å². The van der Waals surface area contributed by atoms with Crippen LogP contribution in [0.15, 0.2) is 59.6 Å². The number of piperidine rings is 1. The summed E-state index contributed by atoms with van der Waals surface area (Å²) in [5.41, 5.74) is 7.64. The monoisotopic (exact) mass is 470 g/mol. The van der Waals surface area contributed by atoms with E-state index in [1.165, 1.54) is 10.4 Å². The van der Waals surface area contributed by atoms with E-state index in [0.717, 1.165) is 12.8 Å². The van der Waals surface area contributed by atoms with Crippen molar-refractivity contribution in [2.45, 2.75) is 24.7 Å². The van der Waals surface area contributed by atoms with Crippen LogP contribution in [-0.2, 0) is 10.0 Å². The van der Waals surface area contributed by atoms with Crippen LogP contribution in [0.1, 0.15) is 18.4 Å². The van der Waals surface area contributed by atoms with Crippen molar-refractivity contribution in [3.8, 4) is 0 Å². The van der Waals surface area contributed by atoms with Crippen LogP contribution in [0.2, 0.25) is 0 Å². The number of hydrogen-bond donors (Lipinski definition) is 3. The molecule has 4 N–H and O–H groups in total. The first kappa shape index (κ1) is 23.1. The lowest BCUT2D eigenvalue weighted by Gasteiger charge is -2.31. The standard InChI is InChI=1S/C23H27FN6O2S/c1-16-13-19(6-9-21(16)24)27-22-10-11-26-23(29-22)28-18-4-7-20(8-5-18)33(31,32)30-12-2-3-17(14-25)15-30/h4-11,13,17H,2-3,12,14-15,25H2,1H3,(H2,26,27,28,29).